The van der Waals surface area contributed by atoms with E-state index in [9.17, 15) is 0 Å². The summed E-state index contributed by atoms with van der Waals surface area (Å²) in [5, 5.41) is 3.50. The van der Waals surface area contributed by atoms with Crippen LogP contribution >= 0.6 is 0 Å². The molecule has 2 unspecified atom stereocenters. The quantitative estimate of drug-likeness (QED) is 0.883. The lowest BCUT2D eigenvalue weighted by Gasteiger charge is -2.39. The monoisotopic (exact) mass is 262 g/mol. The van der Waals surface area contributed by atoms with Gasteiger partial charge in [0, 0.05) is 12.1 Å². The number of likely N-dealkylation sites (N-methyl/N-ethyl adjacent to an activating group) is 2. The molecule has 1 aromatic rings. The van der Waals surface area contributed by atoms with Gasteiger partial charge in [-0.25, -0.2) is 0 Å². The number of fused-ring (bicyclic) bond motifs is 1. The third-order valence-corrected chi connectivity index (χ3v) is 4.23. The number of methoxy groups -OCH3 is 1. The molecular weight excluding hydrogens is 236 g/mol. The molecule has 106 valence electrons. The van der Waals surface area contributed by atoms with E-state index in [0.29, 0.717) is 12.1 Å². The van der Waals surface area contributed by atoms with Crippen LogP contribution in [0.1, 0.15) is 36.9 Å². The van der Waals surface area contributed by atoms with Gasteiger partial charge in [0.1, 0.15) is 5.75 Å². The summed E-state index contributed by atoms with van der Waals surface area (Å²) in [6, 6.07) is 7.50. The fourth-order valence-corrected chi connectivity index (χ4v) is 3.25. The molecule has 0 bridgehead atoms. The standard InChI is InChI=1S/C16H26N2O/c1-5-10-18(3)15-9-6-12-11-13(19-4)7-8-14(12)16(15)17-2/h7-8,11,15-17H,5-6,9-10H2,1-4H3. The molecule has 0 saturated heterocycles. The first kappa shape index (κ1) is 14.4. The second-order valence-electron chi connectivity index (χ2n) is 5.42. The molecule has 3 heteroatoms. The Hall–Kier alpha value is -1.06. The zero-order valence-electron chi connectivity index (χ0n) is 12.6. The number of aryl methyl sites for hydroxylation is 1. The summed E-state index contributed by atoms with van der Waals surface area (Å²) in [7, 11) is 6.04. The largest absolute Gasteiger partial charge is 0.497 e. The predicted molar refractivity (Wildman–Crippen MR) is 79.8 cm³/mol. The summed E-state index contributed by atoms with van der Waals surface area (Å²) < 4.78 is 5.33. The van der Waals surface area contributed by atoms with Gasteiger partial charge in [-0.15, -0.1) is 0 Å². The maximum Gasteiger partial charge on any atom is 0.119 e. The number of nitrogens with zero attached hydrogens (tertiary/aromatic N) is 1. The molecular formula is C16H26N2O. The molecule has 0 spiro atoms. The number of benzene rings is 1. The smallest absolute Gasteiger partial charge is 0.119 e. The van der Waals surface area contributed by atoms with E-state index in [0.717, 1.165) is 18.7 Å². The molecule has 0 heterocycles. The van der Waals surface area contributed by atoms with E-state index in [1.165, 1.54) is 24.0 Å². The van der Waals surface area contributed by atoms with Gasteiger partial charge in [-0.3, -0.25) is 0 Å². The second kappa shape index (κ2) is 6.40. The van der Waals surface area contributed by atoms with Gasteiger partial charge in [0.2, 0.25) is 0 Å². The van der Waals surface area contributed by atoms with Gasteiger partial charge >= 0.3 is 0 Å². The summed E-state index contributed by atoms with van der Waals surface area (Å²) in [6.45, 7) is 3.40. The molecule has 0 fully saturated rings. The third-order valence-electron chi connectivity index (χ3n) is 4.23. The lowest BCUT2D eigenvalue weighted by atomic mass is 9.83. The minimum absolute atomic E-state index is 0.422. The topological polar surface area (TPSA) is 24.5 Å². The number of hydrogen-bond donors (Lipinski definition) is 1. The summed E-state index contributed by atoms with van der Waals surface area (Å²) in [5.41, 5.74) is 2.86. The van der Waals surface area contributed by atoms with E-state index >= 15 is 0 Å². The van der Waals surface area contributed by atoms with Crippen LogP contribution in [0.15, 0.2) is 18.2 Å². The number of hydrogen-bond acceptors (Lipinski definition) is 3. The van der Waals surface area contributed by atoms with E-state index in [1.807, 2.05) is 0 Å². The van der Waals surface area contributed by atoms with Crippen molar-refractivity contribution in [1.82, 2.24) is 10.2 Å². The van der Waals surface area contributed by atoms with Gasteiger partial charge in [0.05, 0.1) is 7.11 Å². The molecule has 1 aliphatic carbocycles. The summed E-state index contributed by atoms with van der Waals surface area (Å²) in [5.74, 6) is 0.967. The zero-order chi connectivity index (χ0) is 13.8. The van der Waals surface area contributed by atoms with Gasteiger partial charge in [0.25, 0.3) is 0 Å². The number of rotatable bonds is 5. The molecule has 3 nitrogen and oxygen atoms in total. The van der Waals surface area contributed by atoms with Crippen molar-refractivity contribution in [3.63, 3.8) is 0 Å². The fourth-order valence-electron chi connectivity index (χ4n) is 3.25. The van der Waals surface area contributed by atoms with Gasteiger partial charge in [0.15, 0.2) is 0 Å². The van der Waals surface area contributed by atoms with Gasteiger partial charge in [-0.05, 0) is 63.2 Å². The van der Waals surface area contributed by atoms with Gasteiger partial charge in [-0.2, -0.15) is 0 Å². The highest BCUT2D eigenvalue weighted by atomic mass is 16.5. The fraction of sp³-hybridized carbons (Fsp3) is 0.625. The van der Waals surface area contributed by atoms with Crippen molar-refractivity contribution in [3.8, 4) is 5.75 Å². The molecule has 2 atom stereocenters. The van der Waals surface area contributed by atoms with Crippen LogP contribution in [-0.2, 0) is 6.42 Å². The Morgan fingerprint density at radius 1 is 1.42 bits per heavy atom. The Kier molecular flexibility index (Phi) is 4.83. The molecule has 0 aromatic heterocycles. The van der Waals surface area contributed by atoms with E-state index in [1.54, 1.807) is 7.11 Å². The summed E-state index contributed by atoms with van der Waals surface area (Å²) in [4.78, 5) is 2.49. The van der Waals surface area contributed by atoms with E-state index in [4.69, 9.17) is 4.74 Å². The van der Waals surface area contributed by atoms with E-state index in [2.05, 4.69) is 49.4 Å². The lowest BCUT2D eigenvalue weighted by Crippen LogP contribution is -2.44. The third kappa shape index (κ3) is 2.93. The van der Waals surface area contributed by atoms with Crippen molar-refractivity contribution in [2.45, 2.75) is 38.3 Å². The lowest BCUT2D eigenvalue weighted by molar-refractivity contribution is 0.177. The summed E-state index contributed by atoms with van der Waals surface area (Å²) >= 11 is 0. The molecule has 0 saturated carbocycles. The minimum atomic E-state index is 0.422. The summed E-state index contributed by atoms with van der Waals surface area (Å²) in [6.07, 6.45) is 3.56. The Balaban J connectivity index is 2.26. The minimum Gasteiger partial charge on any atom is -0.497 e. The first-order valence-corrected chi connectivity index (χ1v) is 7.25. The zero-order valence-corrected chi connectivity index (χ0v) is 12.6. The van der Waals surface area contributed by atoms with Crippen LogP contribution in [0.25, 0.3) is 0 Å². The molecule has 19 heavy (non-hydrogen) atoms. The van der Waals surface area contributed by atoms with Crippen molar-refractivity contribution >= 4 is 0 Å². The number of ether oxygens (including phenoxy) is 1. The highest BCUT2D eigenvalue weighted by molar-refractivity contribution is 5.40. The second-order valence-corrected chi connectivity index (χ2v) is 5.42. The maximum absolute atomic E-state index is 5.33. The average molecular weight is 262 g/mol. The van der Waals surface area contributed by atoms with Crippen LogP contribution in [0.5, 0.6) is 5.75 Å². The van der Waals surface area contributed by atoms with E-state index < -0.39 is 0 Å². The molecule has 0 radical (unpaired) electrons. The predicted octanol–water partition coefficient (Wildman–Crippen LogP) is 2.61. The van der Waals surface area contributed by atoms with Crippen molar-refractivity contribution in [3.05, 3.63) is 29.3 Å². The van der Waals surface area contributed by atoms with Gasteiger partial charge in [-0.1, -0.05) is 13.0 Å². The molecule has 0 amide bonds. The highest BCUT2D eigenvalue weighted by Crippen LogP contribution is 2.34. The van der Waals surface area contributed by atoms with Gasteiger partial charge < -0.3 is 15.0 Å². The first-order chi connectivity index (χ1) is 9.21. The molecule has 2 rings (SSSR count). The van der Waals surface area contributed by atoms with Crippen molar-refractivity contribution in [1.29, 1.82) is 0 Å². The van der Waals surface area contributed by atoms with Crippen LogP contribution in [0.2, 0.25) is 0 Å². The molecule has 1 aliphatic rings. The molecule has 1 aromatic carbocycles. The van der Waals surface area contributed by atoms with Crippen LogP contribution in [0.4, 0.5) is 0 Å². The van der Waals surface area contributed by atoms with Crippen LogP contribution in [0.3, 0.4) is 0 Å². The van der Waals surface area contributed by atoms with Crippen LogP contribution in [0, 0.1) is 0 Å². The Morgan fingerprint density at radius 2 is 2.21 bits per heavy atom. The maximum atomic E-state index is 5.33. The number of nitrogens with one attached hydrogen (secondary N) is 1. The first-order valence-electron chi connectivity index (χ1n) is 7.25. The Bertz CT molecular complexity index is 419. The molecule has 0 aliphatic heterocycles. The normalized spacial score (nSPS) is 22.4. The van der Waals surface area contributed by atoms with E-state index in [-0.39, 0.29) is 0 Å². The highest BCUT2D eigenvalue weighted by Gasteiger charge is 2.30. The van der Waals surface area contributed by atoms with Crippen molar-refractivity contribution in [2.24, 2.45) is 0 Å². The average Bonchev–Trinajstić information content (AvgIpc) is 2.45. The van der Waals surface area contributed by atoms with Crippen LogP contribution < -0.4 is 10.1 Å². The Morgan fingerprint density at radius 3 is 2.84 bits per heavy atom. The van der Waals surface area contributed by atoms with Crippen LogP contribution in [-0.4, -0.2) is 38.7 Å². The Labute approximate surface area is 116 Å². The SMILES string of the molecule is CCCN(C)C1CCc2cc(OC)ccc2C1NC. The van der Waals surface area contributed by atoms with Crippen molar-refractivity contribution in [2.75, 3.05) is 27.7 Å². The molecule has 1 N–H and O–H groups in total. The van der Waals surface area contributed by atoms with Crippen molar-refractivity contribution < 1.29 is 4.74 Å².